The Hall–Kier alpha value is -1.76. The molecule has 1 aliphatic carbocycles. The number of rotatable bonds is 4. The summed E-state index contributed by atoms with van der Waals surface area (Å²) in [6, 6.07) is 4.63. The molecule has 3 rings (SSSR count). The first-order valence-electron chi connectivity index (χ1n) is 9.29. The molecule has 1 saturated carbocycles. The van der Waals surface area contributed by atoms with Gasteiger partial charge in [0, 0.05) is 39.3 Å². The van der Waals surface area contributed by atoms with Gasteiger partial charge < -0.3 is 20.4 Å². The first-order valence-corrected chi connectivity index (χ1v) is 10.2. The number of carbonyl (C=O) groups excluding carboxylic acids is 1. The summed E-state index contributed by atoms with van der Waals surface area (Å²) in [4.78, 5) is 21.2. The number of nitrogens with one attached hydrogen (secondary N) is 2. The van der Waals surface area contributed by atoms with E-state index < -0.39 is 0 Å². The lowest BCUT2D eigenvalue weighted by Crippen LogP contribution is -2.54. The SMILES string of the molecule is CN=C(NCC(=O)NC1CCCCC1)N1CCN(c2cccs2)CC1. The molecule has 2 heterocycles. The maximum atomic E-state index is 12.2. The Morgan fingerprint density at radius 1 is 1.24 bits per heavy atom. The van der Waals surface area contributed by atoms with E-state index in [2.05, 4.69) is 42.9 Å². The van der Waals surface area contributed by atoms with Crippen molar-refractivity contribution in [2.45, 2.75) is 38.1 Å². The van der Waals surface area contributed by atoms with Gasteiger partial charge in [0.15, 0.2) is 5.96 Å². The van der Waals surface area contributed by atoms with Gasteiger partial charge in [-0.25, -0.2) is 0 Å². The van der Waals surface area contributed by atoms with E-state index in [1.807, 2.05) is 0 Å². The lowest BCUT2D eigenvalue weighted by atomic mass is 9.95. The van der Waals surface area contributed by atoms with Crippen LogP contribution in [0.2, 0.25) is 0 Å². The van der Waals surface area contributed by atoms with E-state index >= 15 is 0 Å². The zero-order valence-corrected chi connectivity index (χ0v) is 15.9. The number of thiophene rings is 1. The molecule has 25 heavy (non-hydrogen) atoms. The summed E-state index contributed by atoms with van der Waals surface area (Å²) < 4.78 is 0. The molecule has 1 saturated heterocycles. The highest BCUT2D eigenvalue weighted by atomic mass is 32.1. The molecule has 2 fully saturated rings. The van der Waals surface area contributed by atoms with E-state index in [4.69, 9.17) is 0 Å². The highest BCUT2D eigenvalue weighted by molar-refractivity contribution is 7.14. The van der Waals surface area contributed by atoms with Gasteiger partial charge in [-0.2, -0.15) is 0 Å². The second-order valence-electron chi connectivity index (χ2n) is 6.73. The summed E-state index contributed by atoms with van der Waals surface area (Å²) in [6.45, 7) is 4.10. The van der Waals surface area contributed by atoms with Crippen LogP contribution in [0.5, 0.6) is 0 Å². The van der Waals surface area contributed by atoms with Crippen molar-refractivity contribution >= 4 is 28.2 Å². The van der Waals surface area contributed by atoms with Crippen LogP contribution in [-0.2, 0) is 4.79 Å². The maximum Gasteiger partial charge on any atom is 0.239 e. The molecule has 2 N–H and O–H groups in total. The number of carbonyl (C=O) groups is 1. The number of amides is 1. The van der Waals surface area contributed by atoms with E-state index in [0.717, 1.165) is 45.0 Å². The van der Waals surface area contributed by atoms with Gasteiger partial charge in [-0.15, -0.1) is 11.3 Å². The maximum absolute atomic E-state index is 12.2. The standard InChI is InChI=1S/C18H29N5OS/c1-19-18(20-14-16(24)21-15-6-3-2-4-7-15)23-11-9-22(10-12-23)17-8-5-13-25-17/h5,8,13,15H,2-4,6-7,9-12,14H2,1H3,(H,19,20)(H,21,24). The minimum absolute atomic E-state index is 0.0743. The van der Waals surface area contributed by atoms with Crippen molar-refractivity contribution in [2.75, 3.05) is 44.7 Å². The van der Waals surface area contributed by atoms with E-state index in [1.165, 1.54) is 24.3 Å². The largest absolute Gasteiger partial charge is 0.360 e. The van der Waals surface area contributed by atoms with E-state index in [0.29, 0.717) is 12.6 Å². The predicted molar refractivity (Wildman–Crippen MR) is 104 cm³/mol. The number of hydrogen-bond acceptors (Lipinski definition) is 4. The zero-order chi connectivity index (χ0) is 17.5. The van der Waals surface area contributed by atoms with Gasteiger partial charge in [-0.05, 0) is 30.4 Å². The van der Waals surface area contributed by atoms with E-state index in [-0.39, 0.29) is 5.91 Å². The van der Waals surface area contributed by atoms with Gasteiger partial charge in [0.25, 0.3) is 0 Å². The molecular formula is C18H29N5OS. The summed E-state index contributed by atoms with van der Waals surface area (Å²) in [6.07, 6.45) is 5.99. The van der Waals surface area contributed by atoms with Crippen LogP contribution in [-0.4, -0.2) is 62.6 Å². The van der Waals surface area contributed by atoms with E-state index in [9.17, 15) is 4.79 Å². The Morgan fingerprint density at radius 3 is 2.64 bits per heavy atom. The fourth-order valence-electron chi connectivity index (χ4n) is 3.61. The Labute approximate surface area is 154 Å². The van der Waals surface area contributed by atoms with Crippen molar-refractivity contribution in [3.63, 3.8) is 0 Å². The van der Waals surface area contributed by atoms with Crippen LogP contribution in [0, 0.1) is 0 Å². The average Bonchev–Trinajstić information content (AvgIpc) is 3.18. The first kappa shape index (κ1) is 18.0. The number of nitrogens with zero attached hydrogens (tertiary/aromatic N) is 3. The van der Waals surface area contributed by atoms with Crippen molar-refractivity contribution in [1.29, 1.82) is 0 Å². The highest BCUT2D eigenvalue weighted by Gasteiger charge is 2.21. The van der Waals surface area contributed by atoms with Crippen LogP contribution in [0.25, 0.3) is 0 Å². The molecule has 1 aromatic rings. The Bertz CT molecular complexity index is 560. The monoisotopic (exact) mass is 363 g/mol. The van der Waals surface area contributed by atoms with Crippen molar-refractivity contribution in [3.05, 3.63) is 17.5 Å². The molecule has 7 heteroatoms. The molecule has 6 nitrogen and oxygen atoms in total. The van der Waals surface area contributed by atoms with Crippen molar-refractivity contribution in [2.24, 2.45) is 4.99 Å². The minimum atomic E-state index is 0.0743. The lowest BCUT2D eigenvalue weighted by molar-refractivity contribution is -0.120. The third kappa shape index (κ3) is 5.11. The number of guanidine groups is 1. The first-order chi connectivity index (χ1) is 12.3. The van der Waals surface area contributed by atoms with Crippen LogP contribution < -0.4 is 15.5 Å². The van der Waals surface area contributed by atoms with Crippen molar-refractivity contribution in [3.8, 4) is 0 Å². The smallest absolute Gasteiger partial charge is 0.239 e. The fourth-order valence-corrected chi connectivity index (χ4v) is 4.39. The Kier molecular flexibility index (Phi) is 6.55. The Morgan fingerprint density at radius 2 is 2.00 bits per heavy atom. The lowest BCUT2D eigenvalue weighted by Gasteiger charge is -2.37. The number of anilines is 1. The molecule has 0 spiro atoms. The summed E-state index contributed by atoms with van der Waals surface area (Å²) in [5.41, 5.74) is 0. The van der Waals surface area contributed by atoms with Gasteiger partial charge in [0.1, 0.15) is 0 Å². The summed E-state index contributed by atoms with van der Waals surface area (Å²) in [7, 11) is 1.78. The second-order valence-corrected chi connectivity index (χ2v) is 7.65. The van der Waals surface area contributed by atoms with Crippen molar-refractivity contribution < 1.29 is 4.79 Å². The molecule has 0 radical (unpaired) electrons. The third-order valence-corrected chi connectivity index (χ3v) is 5.92. The summed E-state index contributed by atoms with van der Waals surface area (Å²) in [5.74, 6) is 0.898. The van der Waals surface area contributed by atoms with E-state index in [1.54, 1.807) is 18.4 Å². The molecule has 2 aliphatic rings. The normalized spacial score (nSPS) is 19.8. The second kappa shape index (κ2) is 9.08. The van der Waals surface area contributed by atoms with Crippen LogP contribution in [0.1, 0.15) is 32.1 Å². The molecule has 0 atom stereocenters. The molecule has 0 bridgehead atoms. The number of piperazine rings is 1. The molecule has 1 amide bonds. The fraction of sp³-hybridized carbons (Fsp3) is 0.667. The Balaban J connectivity index is 1.41. The molecule has 1 aromatic heterocycles. The van der Waals surface area contributed by atoms with Gasteiger partial charge in [0.05, 0.1) is 11.5 Å². The molecular weight excluding hydrogens is 334 g/mol. The number of aliphatic imine (C=N–C) groups is 1. The van der Waals surface area contributed by atoms with Gasteiger partial charge in [0.2, 0.25) is 5.91 Å². The van der Waals surface area contributed by atoms with Crippen LogP contribution in [0.4, 0.5) is 5.00 Å². The van der Waals surface area contributed by atoms with Crippen LogP contribution >= 0.6 is 11.3 Å². The topological polar surface area (TPSA) is 60.0 Å². The summed E-state index contributed by atoms with van der Waals surface area (Å²) in [5, 5.41) is 9.82. The van der Waals surface area contributed by atoms with Gasteiger partial charge in [-0.3, -0.25) is 9.79 Å². The summed E-state index contributed by atoms with van der Waals surface area (Å²) >= 11 is 1.78. The van der Waals surface area contributed by atoms with Gasteiger partial charge >= 0.3 is 0 Å². The molecule has 138 valence electrons. The molecule has 0 unspecified atom stereocenters. The zero-order valence-electron chi connectivity index (χ0n) is 15.0. The highest BCUT2D eigenvalue weighted by Crippen LogP contribution is 2.22. The quantitative estimate of drug-likeness (QED) is 0.634. The van der Waals surface area contributed by atoms with Crippen molar-refractivity contribution in [1.82, 2.24) is 15.5 Å². The molecule has 0 aromatic carbocycles. The van der Waals surface area contributed by atoms with Gasteiger partial charge in [-0.1, -0.05) is 19.3 Å². The predicted octanol–water partition coefficient (Wildman–Crippen LogP) is 1.89. The van der Waals surface area contributed by atoms with Crippen LogP contribution in [0.3, 0.4) is 0 Å². The third-order valence-electron chi connectivity index (χ3n) is 4.99. The molecule has 1 aliphatic heterocycles. The minimum Gasteiger partial charge on any atom is -0.360 e. The van der Waals surface area contributed by atoms with Crippen LogP contribution in [0.15, 0.2) is 22.5 Å². The average molecular weight is 364 g/mol. The number of hydrogen-bond donors (Lipinski definition) is 2.